The molecule has 0 atom stereocenters. The van der Waals surface area contributed by atoms with Gasteiger partial charge >= 0.3 is 5.97 Å². The summed E-state index contributed by atoms with van der Waals surface area (Å²) >= 11 is 0. The maximum Gasteiger partial charge on any atom is 0.338 e. The van der Waals surface area contributed by atoms with Crippen LogP contribution in [0.15, 0.2) is 24.3 Å². The molecule has 0 unspecified atom stereocenters. The van der Waals surface area contributed by atoms with Gasteiger partial charge in [-0.2, -0.15) is 0 Å². The molecule has 1 fully saturated rings. The second kappa shape index (κ2) is 6.33. The molecule has 19 heavy (non-hydrogen) atoms. The Kier molecular flexibility index (Phi) is 4.52. The van der Waals surface area contributed by atoms with Gasteiger partial charge in [-0.3, -0.25) is 4.79 Å². The summed E-state index contributed by atoms with van der Waals surface area (Å²) in [5.41, 5.74) is 1.16. The number of anilines is 1. The van der Waals surface area contributed by atoms with E-state index in [2.05, 4.69) is 10.6 Å². The summed E-state index contributed by atoms with van der Waals surface area (Å²) in [6.07, 6.45) is 2.31. The number of benzene rings is 1. The molecule has 1 amide bonds. The van der Waals surface area contributed by atoms with Crippen LogP contribution < -0.4 is 10.6 Å². The summed E-state index contributed by atoms with van der Waals surface area (Å²) in [6, 6.07) is 7.18. The molecule has 1 aliphatic rings. The zero-order chi connectivity index (χ0) is 13.7. The molecule has 0 aliphatic heterocycles. The molecule has 0 saturated heterocycles. The van der Waals surface area contributed by atoms with Crippen molar-refractivity contribution in [2.24, 2.45) is 0 Å². The minimum Gasteiger partial charge on any atom is -0.462 e. The molecule has 0 aromatic heterocycles. The van der Waals surface area contributed by atoms with E-state index in [9.17, 15) is 9.59 Å². The Morgan fingerprint density at radius 3 is 2.53 bits per heavy atom. The van der Waals surface area contributed by atoms with Crippen LogP contribution in [0.3, 0.4) is 0 Å². The SMILES string of the molecule is CCOC(=O)c1ccc(NC(=O)CNC2CC2)cc1. The third-order valence-corrected chi connectivity index (χ3v) is 2.81. The zero-order valence-corrected chi connectivity index (χ0v) is 10.9. The van der Waals surface area contributed by atoms with E-state index in [1.807, 2.05) is 0 Å². The van der Waals surface area contributed by atoms with Crippen molar-refractivity contribution in [3.8, 4) is 0 Å². The molecule has 102 valence electrons. The first kappa shape index (κ1) is 13.5. The lowest BCUT2D eigenvalue weighted by atomic mass is 10.2. The lowest BCUT2D eigenvalue weighted by Crippen LogP contribution is -2.29. The molecule has 1 aliphatic carbocycles. The van der Waals surface area contributed by atoms with Crippen molar-refractivity contribution in [3.63, 3.8) is 0 Å². The van der Waals surface area contributed by atoms with Crippen LogP contribution >= 0.6 is 0 Å². The number of carbonyl (C=O) groups is 2. The van der Waals surface area contributed by atoms with E-state index in [-0.39, 0.29) is 11.9 Å². The van der Waals surface area contributed by atoms with Crippen molar-refractivity contribution >= 4 is 17.6 Å². The van der Waals surface area contributed by atoms with Gasteiger partial charge in [0.05, 0.1) is 18.7 Å². The van der Waals surface area contributed by atoms with Crippen LogP contribution in [0.1, 0.15) is 30.1 Å². The molecule has 0 heterocycles. The monoisotopic (exact) mass is 262 g/mol. The molecule has 1 saturated carbocycles. The molecule has 0 bridgehead atoms. The Bertz CT molecular complexity index is 452. The van der Waals surface area contributed by atoms with Gasteiger partial charge in [0.1, 0.15) is 0 Å². The molecule has 0 radical (unpaired) electrons. The second-order valence-corrected chi connectivity index (χ2v) is 4.50. The van der Waals surface area contributed by atoms with Crippen LogP contribution in [0, 0.1) is 0 Å². The fourth-order valence-electron chi connectivity index (χ4n) is 1.63. The average Bonchev–Trinajstić information content (AvgIpc) is 3.21. The number of carbonyl (C=O) groups excluding carboxylic acids is 2. The van der Waals surface area contributed by atoms with Gasteiger partial charge in [0, 0.05) is 11.7 Å². The molecular weight excluding hydrogens is 244 g/mol. The van der Waals surface area contributed by atoms with E-state index < -0.39 is 0 Å². The number of hydrogen-bond acceptors (Lipinski definition) is 4. The summed E-state index contributed by atoms with van der Waals surface area (Å²) in [6.45, 7) is 2.44. The quantitative estimate of drug-likeness (QED) is 0.763. The van der Waals surface area contributed by atoms with Crippen LogP contribution in [-0.4, -0.2) is 31.1 Å². The Morgan fingerprint density at radius 2 is 1.95 bits per heavy atom. The number of esters is 1. The molecule has 2 N–H and O–H groups in total. The predicted molar refractivity (Wildman–Crippen MR) is 72.1 cm³/mol. The highest BCUT2D eigenvalue weighted by atomic mass is 16.5. The van der Waals surface area contributed by atoms with E-state index in [0.717, 1.165) is 12.8 Å². The maximum absolute atomic E-state index is 11.6. The van der Waals surface area contributed by atoms with Crippen LogP contribution in [0.2, 0.25) is 0 Å². The average molecular weight is 262 g/mol. The zero-order valence-electron chi connectivity index (χ0n) is 10.9. The summed E-state index contributed by atoms with van der Waals surface area (Å²) in [5, 5.41) is 5.91. The third kappa shape index (κ3) is 4.37. The molecule has 1 aromatic carbocycles. The van der Waals surface area contributed by atoms with Gasteiger partial charge in [0.2, 0.25) is 5.91 Å². The highest BCUT2D eigenvalue weighted by molar-refractivity contribution is 5.94. The number of amides is 1. The number of rotatable bonds is 6. The van der Waals surface area contributed by atoms with E-state index in [0.29, 0.717) is 30.4 Å². The van der Waals surface area contributed by atoms with Crippen molar-refractivity contribution in [1.29, 1.82) is 0 Å². The van der Waals surface area contributed by atoms with Gasteiger partial charge in [-0.15, -0.1) is 0 Å². The number of hydrogen-bond donors (Lipinski definition) is 2. The normalized spacial score (nSPS) is 13.9. The first-order chi connectivity index (χ1) is 9.19. The summed E-state index contributed by atoms with van der Waals surface area (Å²) in [4.78, 5) is 23.0. The number of nitrogens with one attached hydrogen (secondary N) is 2. The second-order valence-electron chi connectivity index (χ2n) is 4.50. The first-order valence-corrected chi connectivity index (χ1v) is 6.49. The predicted octanol–water partition coefficient (Wildman–Crippen LogP) is 1.55. The molecule has 2 rings (SSSR count). The van der Waals surface area contributed by atoms with Crippen LogP contribution in [0.5, 0.6) is 0 Å². The minimum absolute atomic E-state index is 0.0733. The van der Waals surface area contributed by atoms with Crippen LogP contribution in [0.25, 0.3) is 0 Å². The summed E-state index contributed by atoms with van der Waals surface area (Å²) < 4.78 is 4.88. The van der Waals surface area contributed by atoms with Crippen molar-refractivity contribution in [3.05, 3.63) is 29.8 Å². The van der Waals surface area contributed by atoms with Crippen LogP contribution in [0.4, 0.5) is 5.69 Å². The fourth-order valence-corrected chi connectivity index (χ4v) is 1.63. The van der Waals surface area contributed by atoms with Gasteiger partial charge in [-0.1, -0.05) is 0 Å². The Hall–Kier alpha value is -1.88. The Labute approximate surface area is 112 Å². The standard InChI is InChI=1S/C14H18N2O3/c1-2-19-14(18)10-3-5-12(6-4-10)16-13(17)9-15-11-7-8-11/h3-6,11,15H,2,7-9H2,1H3,(H,16,17). The van der Waals surface area contributed by atoms with Crippen molar-refractivity contribution in [2.45, 2.75) is 25.8 Å². The number of ether oxygens (including phenoxy) is 1. The van der Waals surface area contributed by atoms with Crippen LogP contribution in [-0.2, 0) is 9.53 Å². The highest BCUT2D eigenvalue weighted by Crippen LogP contribution is 2.18. The molecular formula is C14H18N2O3. The first-order valence-electron chi connectivity index (χ1n) is 6.49. The van der Waals surface area contributed by atoms with Crippen molar-refractivity contribution in [2.75, 3.05) is 18.5 Å². The largest absolute Gasteiger partial charge is 0.462 e. The fraction of sp³-hybridized carbons (Fsp3) is 0.429. The van der Waals surface area contributed by atoms with Gasteiger partial charge in [-0.05, 0) is 44.0 Å². The van der Waals surface area contributed by atoms with E-state index in [1.54, 1.807) is 31.2 Å². The Balaban J connectivity index is 1.83. The maximum atomic E-state index is 11.6. The summed E-state index contributed by atoms with van der Waals surface area (Å²) in [5.74, 6) is -0.424. The molecule has 5 heteroatoms. The minimum atomic E-state index is -0.351. The van der Waals surface area contributed by atoms with Gasteiger partial charge < -0.3 is 15.4 Å². The van der Waals surface area contributed by atoms with E-state index in [4.69, 9.17) is 4.74 Å². The van der Waals surface area contributed by atoms with E-state index in [1.165, 1.54) is 0 Å². The lowest BCUT2D eigenvalue weighted by molar-refractivity contribution is -0.115. The van der Waals surface area contributed by atoms with E-state index >= 15 is 0 Å². The van der Waals surface area contributed by atoms with Gasteiger partial charge in [0.15, 0.2) is 0 Å². The van der Waals surface area contributed by atoms with Gasteiger partial charge in [0.25, 0.3) is 0 Å². The van der Waals surface area contributed by atoms with Crippen molar-refractivity contribution in [1.82, 2.24) is 5.32 Å². The lowest BCUT2D eigenvalue weighted by Gasteiger charge is -2.07. The summed E-state index contributed by atoms with van der Waals surface area (Å²) in [7, 11) is 0. The smallest absolute Gasteiger partial charge is 0.338 e. The molecule has 1 aromatic rings. The van der Waals surface area contributed by atoms with Gasteiger partial charge in [-0.25, -0.2) is 4.79 Å². The molecule has 5 nitrogen and oxygen atoms in total. The topological polar surface area (TPSA) is 67.4 Å². The van der Waals surface area contributed by atoms with Crippen molar-refractivity contribution < 1.29 is 14.3 Å². The molecule has 0 spiro atoms. The Morgan fingerprint density at radius 1 is 1.26 bits per heavy atom. The third-order valence-electron chi connectivity index (χ3n) is 2.81. The highest BCUT2D eigenvalue weighted by Gasteiger charge is 2.21.